The van der Waals surface area contributed by atoms with Crippen LogP contribution in [-0.2, 0) is 20.5 Å². The van der Waals surface area contributed by atoms with Gasteiger partial charge in [-0.05, 0) is 28.8 Å². The molecular formula is C14H20BrClN4O. The summed E-state index contributed by atoms with van der Waals surface area (Å²) in [6, 6.07) is 0. The lowest BCUT2D eigenvalue weighted by Gasteiger charge is -2.14. The minimum Gasteiger partial charge on any atom is -0.388 e. The van der Waals surface area contributed by atoms with Crippen molar-refractivity contribution in [2.75, 3.05) is 0 Å². The maximum Gasteiger partial charge on any atom is 0.132 e. The first-order valence-electron chi connectivity index (χ1n) is 6.82. The van der Waals surface area contributed by atoms with Gasteiger partial charge < -0.3 is 5.11 Å². The molecule has 2 aromatic rings. The van der Waals surface area contributed by atoms with E-state index in [1.54, 1.807) is 16.4 Å². The molecular weight excluding hydrogens is 356 g/mol. The summed E-state index contributed by atoms with van der Waals surface area (Å²) < 4.78 is 4.32. The zero-order valence-corrected chi connectivity index (χ0v) is 15.2. The van der Waals surface area contributed by atoms with E-state index in [4.69, 9.17) is 11.6 Å². The lowest BCUT2D eigenvalue weighted by Crippen LogP contribution is -2.09. The molecule has 0 aliphatic rings. The van der Waals surface area contributed by atoms with Crippen LogP contribution in [-0.4, -0.2) is 24.7 Å². The summed E-state index contributed by atoms with van der Waals surface area (Å²) >= 11 is 9.84. The molecule has 5 nitrogen and oxygen atoms in total. The zero-order valence-electron chi connectivity index (χ0n) is 12.9. The second-order valence-corrected chi connectivity index (χ2v) is 6.71. The van der Waals surface area contributed by atoms with Gasteiger partial charge in [0, 0.05) is 26.1 Å². The van der Waals surface area contributed by atoms with Crippen LogP contribution >= 0.6 is 27.5 Å². The van der Waals surface area contributed by atoms with Crippen molar-refractivity contribution >= 4 is 27.5 Å². The monoisotopic (exact) mass is 374 g/mol. The fourth-order valence-electron chi connectivity index (χ4n) is 2.46. The summed E-state index contributed by atoms with van der Waals surface area (Å²) in [7, 11) is 3.66. The molecule has 0 radical (unpaired) electrons. The molecule has 7 heteroatoms. The van der Waals surface area contributed by atoms with E-state index in [9.17, 15) is 5.11 Å². The fourth-order valence-corrected chi connectivity index (χ4v) is 3.22. The molecule has 116 valence electrons. The Hall–Kier alpha value is -0.850. The highest BCUT2D eigenvalue weighted by Crippen LogP contribution is 2.34. The highest BCUT2D eigenvalue weighted by Gasteiger charge is 2.25. The number of aryl methyl sites for hydroxylation is 3. The molecule has 0 bridgehead atoms. The van der Waals surface area contributed by atoms with Crippen LogP contribution in [0.4, 0.5) is 0 Å². The van der Waals surface area contributed by atoms with Gasteiger partial charge >= 0.3 is 0 Å². The standard InChI is InChI=1S/C14H20BrClN4O/c1-7(2)13-11(14(16)20(5)18-13)10(21)6-9-12(15)8(3)17-19(9)4/h7,10,21H,6H2,1-5H3. The Balaban J connectivity index is 2.39. The average molecular weight is 376 g/mol. The molecule has 1 N–H and O–H groups in total. The van der Waals surface area contributed by atoms with Gasteiger partial charge in [-0.2, -0.15) is 10.2 Å². The molecule has 2 aromatic heterocycles. The van der Waals surface area contributed by atoms with E-state index in [0.717, 1.165) is 21.6 Å². The molecule has 0 aromatic carbocycles. The fraction of sp³-hybridized carbons (Fsp3) is 0.571. The Morgan fingerprint density at radius 3 is 2.33 bits per heavy atom. The van der Waals surface area contributed by atoms with Crippen LogP contribution in [0.1, 0.15) is 48.5 Å². The number of aromatic nitrogens is 4. The molecule has 0 aliphatic carbocycles. The largest absolute Gasteiger partial charge is 0.388 e. The minimum absolute atomic E-state index is 0.199. The van der Waals surface area contributed by atoms with Gasteiger partial charge in [0.05, 0.1) is 27.7 Å². The highest BCUT2D eigenvalue weighted by atomic mass is 79.9. The van der Waals surface area contributed by atoms with Crippen molar-refractivity contribution in [3.05, 3.63) is 32.3 Å². The van der Waals surface area contributed by atoms with Crippen molar-refractivity contribution in [3.63, 3.8) is 0 Å². The number of halogens is 2. The topological polar surface area (TPSA) is 55.9 Å². The van der Waals surface area contributed by atoms with Crippen molar-refractivity contribution in [1.29, 1.82) is 0 Å². The predicted molar refractivity (Wildman–Crippen MR) is 86.6 cm³/mol. The number of hydrogen-bond donors (Lipinski definition) is 1. The first-order chi connectivity index (χ1) is 9.73. The van der Waals surface area contributed by atoms with E-state index in [0.29, 0.717) is 17.1 Å². The van der Waals surface area contributed by atoms with Crippen LogP contribution in [0, 0.1) is 6.92 Å². The molecule has 0 amide bonds. The summed E-state index contributed by atoms with van der Waals surface area (Å²) in [5.41, 5.74) is 3.39. The molecule has 0 fully saturated rings. The summed E-state index contributed by atoms with van der Waals surface area (Å²) in [6.07, 6.45) is -0.280. The Kier molecular flexibility index (Phi) is 4.80. The van der Waals surface area contributed by atoms with Gasteiger partial charge in [0.25, 0.3) is 0 Å². The molecule has 21 heavy (non-hydrogen) atoms. The van der Waals surface area contributed by atoms with E-state index >= 15 is 0 Å². The third-order valence-electron chi connectivity index (χ3n) is 3.57. The summed E-state index contributed by atoms with van der Waals surface area (Å²) in [6.45, 7) is 6.01. The van der Waals surface area contributed by atoms with E-state index in [1.807, 2.05) is 27.8 Å². The van der Waals surface area contributed by atoms with E-state index in [1.165, 1.54) is 0 Å². The summed E-state index contributed by atoms with van der Waals surface area (Å²) in [5, 5.41) is 19.9. The van der Waals surface area contributed by atoms with Crippen molar-refractivity contribution in [1.82, 2.24) is 19.6 Å². The number of aliphatic hydroxyl groups is 1. The van der Waals surface area contributed by atoms with Gasteiger partial charge in [0.2, 0.25) is 0 Å². The number of hydrogen-bond acceptors (Lipinski definition) is 3. The van der Waals surface area contributed by atoms with Gasteiger partial charge in [0.1, 0.15) is 5.15 Å². The molecule has 0 saturated carbocycles. The lowest BCUT2D eigenvalue weighted by atomic mass is 9.99. The highest BCUT2D eigenvalue weighted by molar-refractivity contribution is 9.10. The first kappa shape index (κ1) is 16.5. The molecule has 0 aliphatic heterocycles. The summed E-state index contributed by atoms with van der Waals surface area (Å²) in [5.74, 6) is 0.199. The SMILES string of the molecule is Cc1nn(C)c(CC(O)c2c(C(C)C)nn(C)c2Cl)c1Br. The van der Waals surface area contributed by atoms with E-state index < -0.39 is 6.10 Å². The van der Waals surface area contributed by atoms with Gasteiger partial charge in [-0.25, -0.2) is 0 Å². The van der Waals surface area contributed by atoms with Gasteiger partial charge in [0.15, 0.2) is 0 Å². The van der Waals surface area contributed by atoms with Crippen LogP contribution in [0.2, 0.25) is 5.15 Å². The molecule has 1 atom stereocenters. The molecule has 2 rings (SSSR count). The van der Waals surface area contributed by atoms with Gasteiger partial charge in [-0.3, -0.25) is 9.36 Å². The maximum atomic E-state index is 10.7. The Bertz CT molecular complexity index is 662. The lowest BCUT2D eigenvalue weighted by molar-refractivity contribution is 0.174. The van der Waals surface area contributed by atoms with Crippen molar-refractivity contribution < 1.29 is 5.11 Å². The number of nitrogens with zero attached hydrogens (tertiary/aromatic N) is 4. The zero-order chi connectivity index (χ0) is 15.9. The van der Waals surface area contributed by atoms with E-state index in [-0.39, 0.29) is 5.92 Å². The Labute approximate surface area is 138 Å². The van der Waals surface area contributed by atoms with Crippen LogP contribution in [0.15, 0.2) is 4.47 Å². The minimum atomic E-state index is -0.713. The summed E-state index contributed by atoms with van der Waals surface area (Å²) in [4.78, 5) is 0. The second kappa shape index (κ2) is 6.10. The Morgan fingerprint density at radius 2 is 1.86 bits per heavy atom. The van der Waals surface area contributed by atoms with Crippen LogP contribution in [0.25, 0.3) is 0 Å². The third kappa shape index (κ3) is 3.03. The van der Waals surface area contributed by atoms with Crippen molar-refractivity contribution in [3.8, 4) is 0 Å². The van der Waals surface area contributed by atoms with Crippen LogP contribution < -0.4 is 0 Å². The number of aliphatic hydroxyl groups excluding tert-OH is 1. The first-order valence-corrected chi connectivity index (χ1v) is 7.99. The Morgan fingerprint density at radius 1 is 1.24 bits per heavy atom. The van der Waals surface area contributed by atoms with E-state index in [2.05, 4.69) is 26.1 Å². The predicted octanol–water partition coefficient (Wildman–Crippen LogP) is 3.28. The molecule has 2 heterocycles. The van der Waals surface area contributed by atoms with Gasteiger partial charge in [-0.15, -0.1) is 0 Å². The normalized spacial score (nSPS) is 13.2. The smallest absolute Gasteiger partial charge is 0.132 e. The second-order valence-electron chi connectivity index (χ2n) is 5.56. The quantitative estimate of drug-likeness (QED) is 0.892. The number of rotatable bonds is 4. The van der Waals surface area contributed by atoms with Crippen LogP contribution in [0.3, 0.4) is 0 Å². The molecule has 0 saturated heterocycles. The average Bonchev–Trinajstić information content (AvgIpc) is 2.82. The van der Waals surface area contributed by atoms with Gasteiger partial charge in [-0.1, -0.05) is 25.4 Å². The molecule has 1 unspecified atom stereocenters. The van der Waals surface area contributed by atoms with Crippen LogP contribution in [0.5, 0.6) is 0 Å². The third-order valence-corrected chi connectivity index (χ3v) is 5.05. The molecule has 0 spiro atoms. The van der Waals surface area contributed by atoms with Crippen molar-refractivity contribution in [2.24, 2.45) is 14.1 Å². The van der Waals surface area contributed by atoms with Crippen molar-refractivity contribution in [2.45, 2.75) is 39.2 Å². The maximum absolute atomic E-state index is 10.7.